The van der Waals surface area contributed by atoms with Crippen LogP contribution in [-0.2, 0) is 16.1 Å². The average molecular weight is 293 g/mol. The maximum Gasteiger partial charge on any atom is 0.239 e. The number of amides is 1. The van der Waals surface area contributed by atoms with Crippen molar-refractivity contribution >= 4 is 11.7 Å². The Bertz CT molecular complexity index is 468. The quantitative estimate of drug-likeness (QED) is 0.509. The van der Waals surface area contributed by atoms with Crippen molar-refractivity contribution in [1.29, 1.82) is 0 Å². The fraction of sp³-hybridized carbons (Fsp3) is 0.571. The number of morpholine rings is 1. The summed E-state index contributed by atoms with van der Waals surface area (Å²) in [5, 5.41) is 2.93. The predicted molar refractivity (Wildman–Crippen MR) is 80.4 cm³/mol. The molecule has 0 aliphatic carbocycles. The number of carbonyl (C=O) groups excluding carboxylic acids is 1. The van der Waals surface area contributed by atoms with E-state index in [0.717, 1.165) is 12.0 Å². The summed E-state index contributed by atoms with van der Waals surface area (Å²) in [6, 6.07) is 3.55. The second kappa shape index (κ2) is 7.92. The first-order valence-electron chi connectivity index (χ1n) is 7.26. The molecule has 1 fully saturated rings. The molecular formula is C14H23N5O2. The van der Waals surface area contributed by atoms with Crippen LogP contribution in [0.15, 0.2) is 18.3 Å². The van der Waals surface area contributed by atoms with Crippen LogP contribution in [0.25, 0.3) is 0 Å². The van der Waals surface area contributed by atoms with Crippen molar-refractivity contribution in [3.05, 3.63) is 23.9 Å². The van der Waals surface area contributed by atoms with E-state index in [-0.39, 0.29) is 11.9 Å². The summed E-state index contributed by atoms with van der Waals surface area (Å²) in [5.41, 5.74) is 3.56. The summed E-state index contributed by atoms with van der Waals surface area (Å²) in [7, 11) is 0. The summed E-state index contributed by atoms with van der Waals surface area (Å²) < 4.78 is 5.45. The third kappa shape index (κ3) is 4.13. The Balaban J connectivity index is 2.06. The second-order valence-corrected chi connectivity index (χ2v) is 5.01. The number of rotatable bonds is 6. The Kier molecular flexibility index (Phi) is 5.91. The lowest BCUT2D eigenvalue weighted by Crippen LogP contribution is -2.53. The molecule has 4 N–H and O–H groups in total. The molecule has 1 aliphatic rings. The Morgan fingerprint density at radius 1 is 1.62 bits per heavy atom. The van der Waals surface area contributed by atoms with Gasteiger partial charge in [0.1, 0.15) is 11.9 Å². The highest BCUT2D eigenvalue weighted by Gasteiger charge is 2.29. The van der Waals surface area contributed by atoms with E-state index in [4.69, 9.17) is 10.6 Å². The van der Waals surface area contributed by atoms with Crippen LogP contribution in [0.4, 0.5) is 5.82 Å². The molecule has 1 saturated heterocycles. The minimum Gasteiger partial charge on any atom is -0.378 e. The molecule has 1 aliphatic heterocycles. The summed E-state index contributed by atoms with van der Waals surface area (Å²) in [6.45, 7) is 5.09. The maximum absolute atomic E-state index is 12.2. The first-order valence-corrected chi connectivity index (χ1v) is 7.26. The van der Waals surface area contributed by atoms with Crippen LogP contribution in [-0.4, -0.2) is 48.1 Å². The number of anilines is 1. The SMILES string of the molecule is CCCNC(=O)C1COCCN1Cc1cccnc1NN. The topological polar surface area (TPSA) is 92.5 Å². The molecule has 2 heterocycles. The maximum atomic E-state index is 12.2. The largest absolute Gasteiger partial charge is 0.378 e. The summed E-state index contributed by atoms with van der Waals surface area (Å²) in [5.74, 6) is 6.13. The molecule has 21 heavy (non-hydrogen) atoms. The van der Waals surface area contributed by atoms with Gasteiger partial charge in [-0.15, -0.1) is 0 Å². The van der Waals surface area contributed by atoms with Gasteiger partial charge in [-0.2, -0.15) is 0 Å². The normalized spacial score (nSPS) is 19.2. The standard InChI is InChI=1S/C14H23N5O2/c1-2-5-17-14(20)12-10-21-8-7-19(12)9-11-4-3-6-16-13(11)18-15/h3-4,6,12H,2,5,7-10,15H2,1H3,(H,16,18)(H,17,20). The lowest BCUT2D eigenvalue weighted by molar-refractivity contribution is -0.132. The van der Waals surface area contributed by atoms with Crippen LogP contribution < -0.4 is 16.6 Å². The van der Waals surface area contributed by atoms with E-state index in [1.807, 2.05) is 19.1 Å². The van der Waals surface area contributed by atoms with Gasteiger partial charge in [0.2, 0.25) is 5.91 Å². The van der Waals surface area contributed by atoms with Gasteiger partial charge in [0.25, 0.3) is 0 Å². The second-order valence-electron chi connectivity index (χ2n) is 5.01. The molecule has 2 rings (SSSR count). The van der Waals surface area contributed by atoms with E-state index in [1.54, 1.807) is 6.20 Å². The Morgan fingerprint density at radius 3 is 3.24 bits per heavy atom. The van der Waals surface area contributed by atoms with Crippen LogP contribution in [0.1, 0.15) is 18.9 Å². The number of hydrazine groups is 1. The Morgan fingerprint density at radius 2 is 2.48 bits per heavy atom. The smallest absolute Gasteiger partial charge is 0.239 e. The van der Waals surface area contributed by atoms with Gasteiger partial charge in [-0.1, -0.05) is 13.0 Å². The molecule has 1 aromatic heterocycles. The third-order valence-electron chi connectivity index (χ3n) is 3.49. The van der Waals surface area contributed by atoms with Crippen LogP contribution in [0.2, 0.25) is 0 Å². The number of nitrogens with one attached hydrogen (secondary N) is 2. The monoisotopic (exact) mass is 293 g/mol. The molecule has 0 saturated carbocycles. The lowest BCUT2D eigenvalue weighted by Gasteiger charge is -2.34. The van der Waals surface area contributed by atoms with Crippen LogP contribution in [0.5, 0.6) is 0 Å². The zero-order chi connectivity index (χ0) is 15.1. The summed E-state index contributed by atoms with van der Waals surface area (Å²) >= 11 is 0. The van der Waals surface area contributed by atoms with Gasteiger partial charge in [-0.25, -0.2) is 10.8 Å². The number of nitrogens with zero attached hydrogens (tertiary/aromatic N) is 2. The number of carbonyl (C=O) groups is 1. The number of nitrogens with two attached hydrogens (primary N) is 1. The Labute approximate surface area is 124 Å². The molecule has 0 radical (unpaired) electrons. The predicted octanol–water partition coefficient (Wildman–Crippen LogP) is 0.0942. The molecule has 1 atom stereocenters. The van der Waals surface area contributed by atoms with Crippen molar-refractivity contribution in [1.82, 2.24) is 15.2 Å². The van der Waals surface area contributed by atoms with Gasteiger partial charge in [0.05, 0.1) is 13.2 Å². The highest BCUT2D eigenvalue weighted by Crippen LogP contribution is 2.17. The van der Waals surface area contributed by atoms with Gasteiger partial charge in [-0.3, -0.25) is 9.69 Å². The van der Waals surface area contributed by atoms with E-state index in [0.29, 0.717) is 38.7 Å². The molecule has 7 nitrogen and oxygen atoms in total. The average Bonchev–Trinajstić information content (AvgIpc) is 2.53. The van der Waals surface area contributed by atoms with E-state index in [1.165, 1.54) is 0 Å². The molecule has 7 heteroatoms. The van der Waals surface area contributed by atoms with E-state index >= 15 is 0 Å². The molecule has 0 spiro atoms. The fourth-order valence-electron chi connectivity index (χ4n) is 2.35. The van der Waals surface area contributed by atoms with Crippen molar-refractivity contribution in [2.24, 2.45) is 5.84 Å². The first kappa shape index (κ1) is 15.7. The van der Waals surface area contributed by atoms with Crippen LogP contribution >= 0.6 is 0 Å². The molecule has 0 aromatic carbocycles. The summed E-state index contributed by atoms with van der Waals surface area (Å²) in [4.78, 5) is 18.5. The van der Waals surface area contributed by atoms with Gasteiger partial charge in [-0.05, 0) is 12.5 Å². The van der Waals surface area contributed by atoms with Crippen molar-refractivity contribution in [3.63, 3.8) is 0 Å². The number of hydrogen-bond donors (Lipinski definition) is 3. The van der Waals surface area contributed by atoms with E-state index < -0.39 is 0 Å². The molecule has 1 amide bonds. The number of aromatic nitrogens is 1. The van der Waals surface area contributed by atoms with E-state index in [9.17, 15) is 4.79 Å². The minimum atomic E-state index is -0.267. The fourth-order valence-corrected chi connectivity index (χ4v) is 2.35. The third-order valence-corrected chi connectivity index (χ3v) is 3.49. The zero-order valence-electron chi connectivity index (χ0n) is 12.3. The van der Waals surface area contributed by atoms with Gasteiger partial charge in [0.15, 0.2) is 0 Å². The van der Waals surface area contributed by atoms with Gasteiger partial charge < -0.3 is 15.5 Å². The van der Waals surface area contributed by atoms with Crippen molar-refractivity contribution in [3.8, 4) is 0 Å². The van der Waals surface area contributed by atoms with Gasteiger partial charge in [0, 0.05) is 31.4 Å². The van der Waals surface area contributed by atoms with Crippen molar-refractivity contribution in [2.75, 3.05) is 31.7 Å². The molecule has 1 unspecified atom stereocenters. The first-order chi connectivity index (χ1) is 10.3. The number of ether oxygens (including phenoxy) is 1. The van der Waals surface area contributed by atoms with Crippen molar-refractivity contribution in [2.45, 2.75) is 25.9 Å². The highest BCUT2D eigenvalue weighted by atomic mass is 16.5. The molecule has 0 bridgehead atoms. The minimum absolute atomic E-state index is 0.0164. The summed E-state index contributed by atoms with van der Waals surface area (Å²) in [6.07, 6.45) is 2.60. The molecule has 116 valence electrons. The van der Waals surface area contributed by atoms with Crippen molar-refractivity contribution < 1.29 is 9.53 Å². The van der Waals surface area contributed by atoms with Crippen LogP contribution in [0, 0.1) is 0 Å². The van der Waals surface area contributed by atoms with Crippen LogP contribution in [0.3, 0.4) is 0 Å². The van der Waals surface area contributed by atoms with Gasteiger partial charge >= 0.3 is 0 Å². The molecule has 1 aromatic rings. The number of hydrogen-bond acceptors (Lipinski definition) is 6. The Hall–Kier alpha value is -1.70. The van der Waals surface area contributed by atoms with E-state index in [2.05, 4.69) is 20.6 Å². The highest BCUT2D eigenvalue weighted by molar-refractivity contribution is 5.82. The zero-order valence-corrected chi connectivity index (χ0v) is 12.3. The molecular weight excluding hydrogens is 270 g/mol. The number of pyridine rings is 1. The number of nitrogen functional groups attached to an aromatic ring is 1. The lowest BCUT2D eigenvalue weighted by atomic mass is 10.1.